The van der Waals surface area contributed by atoms with Gasteiger partial charge in [-0.3, -0.25) is 0 Å². The van der Waals surface area contributed by atoms with Crippen LogP contribution < -0.4 is 0 Å². The number of rotatable bonds is 8. The van der Waals surface area contributed by atoms with Gasteiger partial charge in [0.25, 0.3) is 0 Å². The zero-order valence-electron chi connectivity index (χ0n) is 20.3. The fourth-order valence-electron chi connectivity index (χ4n) is 4.68. The average Bonchev–Trinajstić information content (AvgIpc) is 2.85. The standard InChI is InChI=1S/C32H40/c1-3-5-6-7-8-9-10-11-12-28-13-15-29(16-14-28)17-18-30-21-25-32(26-22-30)31-23-19-27(4-2)20-24-31/h13-16,21-22,25-27,31H,3-10,19-20,23-24H2,1-2H3/t27-,31-. The highest BCUT2D eigenvalue weighted by Gasteiger charge is 2.20. The summed E-state index contributed by atoms with van der Waals surface area (Å²) < 4.78 is 0. The molecule has 0 aliphatic heterocycles. The van der Waals surface area contributed by atoms with Crippen LogP contribution in [-0.2, 0) is 0 Å². The van der Waals surface area contributed by atoms with E-state index in [1.165, 1.54) is 76.2 Å². The van der Waals surface area contributed by atoms with Crippen LogP contribution in [0.4, 0.5) is 0 Å². The van der Waals surface area contributed by atoms with Crippen molar-refractivity contribution in [3.05, 3.63) is 70.8 Å². The Hall–Kier alpha value is -2.44. The predicted molar refractivity (Wildman–Crippen MR) is 139 cm³/mol. The summed E-state index contributed by atoms with van der Waals surface area (Å²) in [5.74, 6) is 14.9. The first-order valence-corrected chi connectivity index (χ1v) is 13.0. The lowest BCUT2D eigenvalue weighted by atomic mass is 9.78. The van der Waals surface area contributed by atoms with Crippen molar-refractivity contribution in [2.24, 2.45) is 5.92 Å². The lowest BCUT2D eigenvalue weighted by molar-refractivity contribution is 0.319. The molecule has 2 aromatic carbocycles. The third-order valence-electron chi connectivity index (χ3n) is 6.93. The van der Waals surface area contributed by atoms with Crippen molar-refractivity contribution in [1.82, 2.24) is 0 Å². The lowest BCUT2D eigenvalue weighted by Gasteiger charge is -2.28. The molecule has 0 atom stereocenters. The molecule has 0 unspecified atom stereocenters. The number of unbranched alkanes of at least 4 members (excludes halogenated alkanes) is 6. The van der Waals surface area contributed by atoms with Crippen molar-refractivity contribution in [2.45, 2.75) is 96.8 Å². The summed E-state index contributed by atoms with van der Waals surface area (Å²) in [4.78, 5) is 0. The summed E-state index contributed by atoms with van der Waals surface area (Å²) >= 11 is 0. The molecule has 0 radical (unpaired) electrons. The normalized spacial score (nSPS) is 17.7. The Morgan fingerprint density at radius 2 is 1.16 bits per heavy atom. The van der Waals surface area contributed by atoms with Crippen LogP contribution >= 0.6 is 0 Å². The highest BCUT2D eigenvalue weighted by molar-refractivity contribution is 5.46. The smallest absolute Gasteiger partial charge is 0.0249 e. The third kappa shape index (κ3) is 8.24. The Morgan fingerprint density at radius 1 is 0.625 bits per heavy atom. The maximum Gasteiger partial charge on any atom is 0.0249 e. The van der Waals surface area contributed by atoms with E-state index in [0.29, 0.717) is 0 Å². The van der Waals surface area contributed by atoms with Gasteiger partial charge in [0.1, 0.15) is 0 Å². The molecule has 0 spiro atoms. The molecular weight excluding hydrogens is 384 g/mol. The molecular formula is C32H40. The van der Waals surface area contributed by atoms with Crippen molar-refractivity contribution in [3.8, 4) is 23.7 Å². The second-order valence-corrected chi connectivity index (χ2v) is 9.39. The zero-order chi connectivity index (χ0) is 22.4. The van der Waals surface area contributed by atoms with Crippen LogP contribution in [0.15, 0.2) is 48.5 Å². The SMILES string of the molecule is CCCCCCCCC#Cc1ccc(C#Cc2ccc([C@H]3CC[C@H](CC)CC3)cc2)cc1. The van der Waals surface area contributed by atoms with E-state index in [1.54, 1.807) is 0 Å². The molecule has 0 nitrogen and oxygen atoms in total. The summed E-state index contributed by atoms with van der Waals surface area (Å²) in [5.41, 5.74) is 4.73. The Bertz CT molecular complexity index is 900. The number of hydrogen-bond acceptors (Lipinski definition) is 0. The Kier molecular flexibility index (Phi) is 10.5. The van der Waals surface area contributed by atoms with Gasteiger partial charge >= 0.3 is 0 Å². The molecule has 2 aromatic rings. The largest absolute Gasteiger partial charge is 0.0979 e. The molecule has 3 rings (SSSR count). The fraction of sp³-hybridized carbons (Fsp3) is 0.500. The minimum absolute atomic E-state index is 0.745. The van der Waals surface area contributed by atoms with Crippen molar-refractivity contribution in [3.63, 3.8) is 0 Å². The molecule has 0 saturated heterocycles. The molecule has 0 heteroatoms. The molecule has 32 heavy (non-hydrogen) atoms. The second-order valence-electron chi connectivity index (χ2n) is 9.39. The summed E-state index contributed by atoms with van der Waals surface area (Å²) in [6.07, 6.45) is 15.8. The third-order valence-corrected chi connectivity index (χ3v) is 6.93. The molecule has 1 aliphatic rings. The van der Waals surface area contributed by atoms with Crippen LogP contribution in [-0.4, -0.2) is 0 Å². The highest BCUT2D eigenvalue weighted by Crippen LogP contribution is 2.36. The highest BCUT2D eigenvalue weighted by atomic mass is 14.3. The van der Waals surface area contributed by atoms with Crippen LogP contribution in [0.3, 0.4) is 0 Å². The second kappa shape index (κ2) is 13.9. The first kappa shape index (κ1) is 24.2. The maximum atomic E-state index is 3.32. The van der Waals surface area contributed by atoms with Crippen LogP contribution in [0.25, 0.3) is 0 Å². The Balaban J connectivity index is 1.45. The molecule has 0 aromatic heterocycles. The summed E-state index contributed by atoms with van der Waals surface area (Å²) in [6.45, 7) is 4.59. The van der Waals surface area contributed by atoms with Crippen molar-refractivity contribution in [1.29, 1.82) is 0 Å². The van der Waals surface area contributed by atoms with Gasteiger partial charge in [0.05, 0.1) is 0 Å². The maximum absolute atomic E-state index is 3.32. The Labute approximate surface area is 197 Å². The van der Waals surface area contributed by atoms with Gasteiger partial charge in [-0.25, -0.2) is 0 Å². The molecule has 0 bridgehead atoms. The van der Waals surface area contributed by atoms with Gasteiger partial charge in [-0.1, -0.05) is 88.2 Å². The van der Waals surface area contributed by atoms with Gasteiger partial charge < -0.3 is 0 Å². The van der Waals surface area contributed by atoms with E-state index in [9.17, 15) is 0 Å². The topological polar surface area (TPSA) is 0 Å². The van der Waals surface area contributed by atoms with Crippen molar-refractivity contribution in [2.75, 3.05) is 0 Å². The van der Waals surface area contributed by atoms with E-state index < -0.39 is 0 Å². The Morgan fingerprint density at radius 3 is 1.75 bits per heavy atom. The van der Waals surface area contributed by atoms with Gasteiger partial charge in [-0.15, -0.1) is 0 Å². The van der Waals surface area contributed by atoms with Crippen LogP contribution in [0, 0.1) is 29.6 Å². The molecule has 0 amide bonds. The van der Waals surface area contributed by atoms with Crippen LogP contribution in [0.2, 0.25) is 0 Å². The van der Waals surface area contributed by atoms with Crippen molar-refractivity contribution >= 4 is 0 Å². The van der Waals surface area contributed by atoms with E-state index in [2.05, 4.69) is 86.1 Å². The molecule has 1 saturated carbocycles. The average molecular weight is 425 g/mol. The number of hydrogen-bond donors (Lipinski definition) is 0. The molecule has 1 aliphatic carbocycles. The zero-order valence-corrected chi connectivity index (χ0v) is 20.3. The minimum Gasteiger partial charge on any atom is -0.0979 e. The fourth-order valence-corrected chi connectivity index (χ4v) is 4.68. The van der Waals surface area contributed by atoms with Crippen molar-refractivity contribution < 1.29 is 0 Å². The summed E-state index contributed by atoms with van der Waals surface area (Å²) in [7, 11) is 0. The first-order valence-electron chi connectivity index (χ1n) is 13.0. The van der Waals surface area contributed by atoms with E-state index >= 15 is 0 Å². The van der Waals surface area contributed by atoms with E-state index in [4.69, 9.17) is 0 Å². The lowest BCUT2D eigenvalue weighted by Crippen LogP contribution is -2.12. The van der Waals surface area contributed by atoms with E-state index in [0.717, 1.165) is 34.9 Å². The van der Waals surface area contributed by atoms with Gasteiger partial charge in [0.15, 0.2) is 0 Å². The number of benzene rings is 2. The van der Waals surface area contributed by atoms with Crippen LogP contribution in [0.1, 0.15) is 119 Å². The first-order chi connectivity index (χ1) is 15.8. The minimum atomic E-state index is 0.745. The molecule has 0 heterocycles. The molecule has 1 fully saturated rings. The van der Waals surface area contributed by atoms with E-state index in [1.807, 2.05) is 0 Å². The van der Waals surface area contributed by atoms with E-state index in [-0.39, 0.29) is 0 Å². The monoisotopic (exact) mass is 424 g/mol. The predicted octanol–water partition coefficient (Wildman–Crippen LogP) is 8.87. The molecule has 0 N–H and O–H groups in total. The molecule has 168 valence electrons. The summed E-state index contributed by atoms with van der Waals surface area (Å²) in [6, 6.07) is 17.3. The quantitative estimate of drug-likeness (QED) is 0.293. The summed E-state index contributed by atoms with van der Waals surface area (Å²) in [5, 5.41) is 0. The van der Waals surface area contributed by atoms with Gasteiger partial charge in [-0.2, -0.15) is 0 Å². The van der Waals surface area contributed by atoms with Crippen LogP contribution in [0.5, 0.6) is 0 Å². The van der Waals surface area contributed by atoms with Gasteiger partial charge in [-0.05, 0) is 85.9 Å². The van der Waals surface area contributed by atoms with Gasteiger partial charge in [0, 0.05) is 23.1 Å². The van der Waals surface area contributed by atoms with Gasteiger partial charge in [0.2, 0.25) is 0 Å².